The fourth-order valence-corrected chi connectivity index (χ4v) is 7.90. The number of nitrogens with zero attached hydrogens (tertiary/aromatic N) is 1. The lowest BCUT2D eigenvalue weighted by atomic mass is 9.97. The van der Waals surface area contributed by atoms with Gasteiger partial charge in [0.15, 0.2) is 0 Å². The first-order chi connectivity index (χ1) is 18.1. The molecule has 1 unspecified atom stereocenters. The first-order valence-electron chi connectivity index (χ1n) is 11.6. The molecule has 3 heterocycles. The maximum Gasteiger partial charge on any atom is 0.297 e. The summed E-state index contributed by atoms with van der Waals surface area (Å²) in [7, 11) is -4.06. The third-order valence-corrected chi connectivity index (χ3v) is 10.3. The van der Waals surface area contributed by atoms with Crippen molar-refractivity contribution < 1.29 is 21.4 Å². The molecule has 1 aliphatic rings. The van der Waals surface area contributed by atoms with Gasteiger partial charge in [-0.25, -0.2) is 8.78 Å². The van der Waals surface area contributed by atoms with Gasteiger partial charge in [0.25, 0.3) is 15.7 Å². The van der Waals surface area contributed by atoms with Crippen LogP contribution in [0.2, 0.25) is 4.34 Å². The molecular formula is C27H22ClF2NO4S3. The molecule has 5 nitrogen and oxygen atoms in total. The molecule has 0 fully saturated rings. The molecule has 5 rings (SSSR count). The van der Waals surface area contributed by atoms with Crippen molar-refractivity contribution in [3.05, 3.63) is 103 Å². The third kappa shape index (κ3) is 5.08. The van der Waals surface area contributed by atoms with Crippen LogP contribution in [0.4, 0.5) is 8.78 Å². The molecular weight excluding hydrogens is 572 g/mol. The number of rotatable bonds is 7. The molecule has 0 bridgehead atoms. The van der Waals surface area contributed by atoms with Gasteiger partial charge in [0, 0.05) is 22.6 Å². The number of fused-ring (bicyclic) bond motifs is 1. The maximum absolute atomic E-state index is 14.6. The Morgan fingerprint density at radius 3 is 2.34 bits per heavy atom. The van der Waals surface area contributed by atoms with Crippen LogP contribution < -0.4 is 5.56 Å². The zero-order chi connectivity index (χ0) is 27.2. The molecule has 0 radical (unpaired) electrons. The van der Waals surface area contributed by atoms with Crippen molar-refractivity contribution in [3.8, 4) is 10.4 Å². The van der Waals surface area contributed by atoms with E-state index in [-0.39, 0.29) is 29.0 Å². The van der Waals surface area contributed by atoms with Crippen molar-refractivity contribution in [2.24, 2.45) is 0 Å². The highest BCUT2D eigenvalue weighted by Gasteiger charge is 2.33. The molecule has 1 aliphatic heterocycles. The van der Waals surface area contributed by atoms with Gasteiger partial charge >= 0.3 is 0 Å². The lowest BCUT2D eigenvalue weighted by Crippen LogP contribution is -2.30. The van der Waals surface area contributed by atoms with E-state index in [1.54, 1.807) is 31.2 Å². The summed E-state index contributed by atoms with van der Waals surface area (Å²) in [6, 6.07) is 12.8. The molecule has 198 valence electrons. The standard InChI is InChI=1S/C27H22ClF2NO4S3/c1-15-6-8-18(9-7-15)38(33,34)35-13-17-14-36-27-19(12-20-21(29)4-3-5-22(20)30)16(2)25(26(32)31(17)27)23-10-11-24(28)37-23/h3-11,17H,12-14H2,1-2H3. The minimum absolute atomic E-state index is 0.0230. The van der Waals surface area contributed by atoms with Gasteiger partial charge in [-0.1, -0.05) is 35.4 Å². The van der Waals surface area contributed by atoms with Gasteiger partial charge in [0.1, 0.15) is 11.6 Å². The van der Waals surface area contributed by atoms with Crippen LogP contribution in [0.15, 0.2) is 69.3 Å². The van der Waals surface area contributed by atoms with Crippen LogP contribution in [-0.2, 0) is 20.7 Å². The summed E-state index contributed by atoms with van der Waals surface area (Å²) in [5.41, 5.74) is 2.04. The molecule has 2 aromatic heterocycles. The van der Waals surface area contributed by atoms with Crippen LogP contribution >= 0.6 is 34.7 Å². The van der Waals surface area contributed by atoms with E-state index in [9.17, 15) is 22.0 Å². The van der Waals surface area contributed by atoms with Gasteiger partial charge in [0.05, 0.1) is 32.5 Å². The topological polar surface area (TPSA) is 65.4 Å². The van der Waals surface area contributed by atoms with Gasteiger partial charge in [-0.15, -0.1) is 23.1 Å². The van der Waals surface area contributed by atoms with Crippen LogP contribution in [0.5, 0.6) is 0 Å². The van der Waals surface area contributed by atoms with E-state index in [1.807, 2.05) is 6.92 Å². The number of thiophene rings is 1. The first kappa shape index (κ1) is 27.1. The van der Waals surface area contributed by atoms with Gasteiger partial charge in [-0.2, -0.15) is 8.42 Å². The van der Waals surface area contributed by atoms with E-state index in [0.29, 0.717) is 36.7 Å². The van der Waals surface area contributed by atoms with Crippen LogP contribution in [-0.4, -0.2) is 25.3 Å². The van der Waals surface area contributed by atoms with Crippen molar-refractivity contribution in [2.75, 3.05) is 12.4 Å². The molecule has 2 aromatic carbocycles. The Morgan fingerprint density at radius 2 is 1.71 bits per heavy atom. The predicted octanol–water partition coefficient (Wildman–Crippen LogP) is 6.77. The minimum atomic E-state index is -4.06. The van der Waals surface area contributed by atoms with Gasteiger partial charge in [-0.3, -0.25) is 13.5 Å². The Kier molecular flexibility index (Phi) is 7.54. The van der Waals surface area contributed by atoms with Crippen molar-refractivity contribution in [3.63, 3.8) is 0 Å². The SMILES string of the molecule is Cc1ccc(S(=O)(=O)OCC2CSc3c(Cc4c(F)cccc4F)c(C)c(-c4ccc(Cl)s4)c(=O)n32)cc1. The molecule has 38 heavy (non-hydrogen) atoms. The normalized spacial score (nSPS) is 15.1. The largest absolute Gasteiger partial charge is 0.297 e. The summed E-state index contributed by atoms with van der Waals surface area (Å²) >= 11 is 8.72. The zero-order valence-corrected chi connectivity index (χ0v) is 23.5. The van der Waals surface area contributed by atoms with Crippen molar-refractivity contribution in [1.82, 2.24) is 4.57 Å². The lowest BCUT2D eigenvalue weighted by molar-refractivity contribution is 0.263. The number of halogens is 3. The van der Waals surface area contributed by atoms with E-state index in [1.165, 1.54) is 58.0 Å². The Balaban J connectivity index is 1.59. The average molecular weight is 594 g/mol. The fraction of sp³-hybridized carbons (Fsp3) is 0.222. The quantitative estimate of drug-likeness (QED) is 0.221. The highest BCUT2D eigenvalue weighted by molar-refractivity contribution is 7.99. The van der Waals surface area contributed by atoms with Gasteiger partial charge in [0.2, 0.25) is 0 Å². The Bertz CT molecular complexity index is 1680. The fourth-order valence-electron chi connectivity index (χ4n) is 4.46. The molecule has 0 spiro atoms. The molecule has 0 aliphatic carbocycles. The molecule has 1 atom stereocenters. The second kappa shape index (κ2) is 10.6. The number of thioether (sulfide) groups is 1. The van der Waals surface area contributed by atoms with E-state index in [0.717, 1.165) is 5.56 Å². The van der Waals surface area contributed by atoms with E-state index in [4.69, 9.17) is 15.8 Å². The van der Waals surface area contributed by atoms with Crippen molar-refractivity contribution >= 4 is 44.8 Å². The van der Waals surface area contributed by atoms with Crippen molar-refractivity contribution in [2.45, 2.75) is 36.2 Å². The predicted molar refractivity (Wildman–Crippen MR) is 147 cm³/mol. The first-order valence-corrected chi connectivity index (χ1v) is 15.2. The zero-order valence-electron chi connectivity index (χ0n) is 20.3. The maximum atomic E-state index is 14.6. The number of benzene rings is 2. The molecule has 0 saturated heterocycles. The summed E-state index contributed by atoms with van der Waals surface area (Å²) in [4.78, 5) is 14.5. The monoisotopic (exact) mass is 593 g/mol. The number of hydrogen-bond acceptors (Lipinski definition) is 6. The van der Waals surface area contributed by atoms with Crippen LogP contribution in [0.1, 0.15) is 28.3 Å². The average Bonchev–Trinajstić information content (AvgIpc) is 3.49. The van der Waals surface area contributed by atoms with Gasteiger partial charge in [-0.05, 0) is 61.4 Å². The second-order valence-corrected chi connectivity index (χ2v) is 13.3. The Hall–Kier alpha value is -2.50. The summed E-state index contributed by atoms with van der Waals surface area (Å²) in [6.07, 6.45) is -0.0751. The van der Waals surface area contributed by atoms with Gasteiger partial charge < -0.3 is 0 Å². The second-order valence-electron chi connectivity index (χ2n) is 8.96. The molecule has 0 amide bonds. The summed E-state index contributed by atoms with van der Waals surface area (Å²) < 4.78 is 62.2. The summed E-state index contributed by atoms with van der Waals surface area (Å²) in [5, 5.41) is 0.544. The summed E-state index contributed by atoms with van der Waals surface area (Å²) in [5.74, 6) is -0.997. The van der Waals surface area contributed by atoms with E-state index >= 15 is 0 Å². The number of pyridine rings is 1. The van der Waals surface area contributed by atoms with Crippen LogP contribution in [0.3, 0.4) is 0 Å². The van der Waals surface area contributed by atoms with E-state index < -0.39 is 27.8 Å². The molecule has 4 aromatic rings. The Morgan fingerprint density at radius 1 is 1.03 bits per heavy atom. The number of aromatic nitrogens is 1. The van der Waals surface area contributed by atoms with E-state index in [2.05, 4.69) is 0 Å². The Labute approximate surface area is 232 Å². The summed E-state index contributed by atoms with van der Waals surface area (Å²) in [6.45, 7) is 3.34. The van der Waals surface area contributed by atoms with Crippen LogP contribution in [0.25, 0.3) is 10.4 Å². The number of hydrogen-bond donors (Lipinski definition) is 0. The minimum Gasteiger partial charge on any atom is -0.296 e. The van der Waals surface area contributed by atoms with Crippen molar-refractivity contribution in [1.29, 1.82) is 0 Å². The third-order valence-electron chi connectivity index (χ3n) is 6.47. The lowest BCUT2D eigenvalue weighted by Gasteiger charge is -2.20. The molecule has 0 saturated carbocycles. The molecule has 0 N–H and O–H groups in total. The molecule has 11 heteroatoms. The highest BCUT2D eigenvalue weighted by atomic mass is 35.5. The highest BCUT2D eigenvalue weighted by Crippen LogP contribution is 2.41. The van der Waals surface area contributed by atoms with Crippen LogP contribution in [0, 0.1) is 25.5 Å². The smallest absolute Gasteiger partial charge is 0.296 e. The number of aryl methyl sites for hydroxylation is 1.